The summed E-state index contributed by atoms with van der Waals surface area (Å²) in [5, 5.41) is 9.65. The number of amides is 1. The van der Waals surface area contributed by atoms with E-state index in [0.717, 1.165) is 15.0 Å². The third-order valence-electron chi connectivity index (χ3n) is 2.08. The van der Waals surface area contributed by atoms with Crippen molar-refractivity contribution < 1.29 is 4.79 Å². The SMILES string of the molecule is Cc1cc(CNC(=O)c2cc(I)c[nH]2)n[nH]1. The highest BCUT2D eigenvalue weighted by molar-refractivity contribution is 14.1. The molecule has 0 aliphatic carbocycles. The van der Waals surface area contributed by atoms with E-state index in [1.54, 1.807) is 12.3 Å². The lowest BCUT2D eigenvalue weighted by Gasteiger charge is -2.00. The van der Waals surface area contributed by atoms with Gasteiger partial charge in [-0.2, -0.15) is 5.10 Å². The summed E-state index contributed by atoms with van der Waals surface area (Å²) in [6.07, 6.45) is 1.79. The Morgan fingerprint density at radius 2 is 2.38 bits per heavy atom. The van der Waals surface area contributed by atoms with Crippen molar-refractivity contribution in [2.45, 2.75) is 13.5 Å². The molecule has 84 valence electrons. The van der Waals surface area contributed by atoms with Gasteiger partial charge in [-0.25, -0.2) is 0 Å². The standard InChI is InChI=1S/C10H11IN4O/c1-6-2-8(15-14-6)5-13-10(16)9-3-7(11)4-12-9/h2-4,12H,5H2,1H3,(H,13,16)(H,14,15). The first kappa shape index (κ1) is 11.2. The summed E-state index contributed by atoms with van der Waals surface area (Å²) in [4.78, 5) is 14.6. The average molecular weight is 330 g/mol. The van der Waals surface area contributed by atoms with E-state index in [9.17, 15) is 4.79 Å². The highest BCUT2D eigenvalue weighted by Gasteiger charge is 2.07. The summed E-state index contributed by atoms with van der Waals surface area (Å²) in [6.45, 7) is 2.35. The molecule has 5 nitrogen and oxygen atoms in total. The molecule has 2 rings (SSSR count). The number of carbonyl (C=O) groups excluding carboxylic acids is 1. The number of aromatic amines is 2. The van der Waals surface area contributed by atoms with Crippen LogP contribution in [0.1, 0.15) is 21.9 Å². The molecule has 0 spiro atoms. The molecule has 2 heterocycles. The van der Waals surface area contributed by atoms with E-state index < -0.39 is 0 Å². The van der Waals surface area contributed by atoms with Crippen molar-refractivity contribution in [3.05, 3.63) is 39.0 Å². The van der Waals surface area contributed by atoms with Crippen LogP contribution in [0, 0.1) is 10.5 Å². The molecule has 0 aliphatic heterocycles. The Morgan fingerprint density at radius 1 is 1.56 bits per heavy atom. The summed E-state index contributed by atoms with van der Waals surface area (Å²) in [5.41, 5.74) is 2.38. The molecule has 0 unspecified atom stereocenters. The lowest BCUT2D eigenvalue weighted by atomic mass is 10.3. The molecule has 2 aromatic heterocycles. The second-order valence-corrected chi connectivity index (χ2v) is 4.70. The van der Waals surface area contributed by atoms with Crippen molar-refractivity contribution in [2.24, 2.45) is 0 Å². The van der Waals surface area contributed by atoms with Crippen molar-refractivity contribution in [3.63, 3.8) is 0 Å². The van der Waals surface area contributed by atoms with Gasteiger partial charge in [0.2, 0.25) is 0 Å². The second kappa shape index (κ2) is 4.69. The maximum absolute atomic E-state index is 11.7. The molecule has 0 aromatic carbocycles. The molecule has 0 fully saturated rings. The van der Waals surface area contributed by atoms with Crippen molar-refractivity contribution in [3.8, 4) is 0 Å². The third kappa shape index (κ3) is 2.63. The van der Waals surface area contributed by atoms with E-state index in [-0.39, 0.29) is 5.91 Å². The molecule has 0 saturated heterocycles. The Balaban J connectivity index is 1.93. The van der Waals surface area contributed by atoms with Gasteiger partial charge in [-0.3, -0.25) is 9.89 Å². The summed E-state index contributed by atoms with van der Waals surface area (Å²) in [5.74, 6) is -0.122. The highest BCUT2D eigenvalue weighted by atomic mass is 127. The largest absolute Gasteiger partial charge is 0.356 e. The van der Waals surface area contributed by atoms with Gasteiger partial charge in [0.15, 0.2) is 0 Å². The number of halogens is 1. The number of hydrogen-bond donors (Lipinski definition) is 3. The molecule has 0 atom stereocenters. The number of H-pyrrole nitrogens is 2. The van der Waals surface area contributed by atoms with Crippen LogP contribution in [0.15, 0.2) is 18.3 Å². The van der Waals surface area contributed by atoms with E-state index in [1.807, 2.05) is 13.0 Å². The zero-order chi connectivity index (χ0) is 11.5. The molecule has 2 aromatic rings. The van der Waals surface area contributed by atoms with Crippen LogP contribution in [0.4, 0.5) is 0 Å². The molecule has 6 heteroatoms. The van der Waals surface area contributed by atoms with Gasteiger partial charge in [0.05, 0.1) is 12.2 Å². The van der Waals surface area contributed by atoms with E-state index in [2.05, 4.69) is 43.1 Å². The quantitative estimate of drug-likeness (QED) is 0.748. The zero-order valence-corrected chi connectivity index (χ0v) is 10.8. The Hall–Kier alpha value is -1.31. The molecular weight excluding hydrogens is 319 g/mol. The van der Waals surface area contributed by atoms with Crippen LogP contribution in [-0.2, 0) is 6.54 Å². The number of aromatic nitrogens is 3. The maximum Gasteiger partial charge on any atom is 0.268 e. The first-order chi connectivity index (χ1) is 7.65. The lowest BCUT2D eigenvalue weighted by molar-refractivity contribution is 0.0946. The van der Waals surface area contributed by atoms with Crippen LogP contribution < -0.4 is 5.32 Å². The predicted molar refractivity (Wildman–Crippen MR) is 68.0 cm³/mol. The molecule has 1 amide bonds. The van der Waals surface area contributed by atoms with Crippen LogP contribution >= 0.6 is 22.6 Å². The number of aryl methyl sites for hydroxylation is 1. The van der Waals surface area contributed by atoms with E-state index >= 15 is 0 Å². The molecule has 3 N–H and O–H groups in total. The van der Waals surface area contributed by atoms with Gasteiger partial charge in [0.25, 0.3) is 5.91 Å². The van der Waals surface area contributed by atoms with E-state index in [0.29, 0.717) is 12.2 Å². The summed E-state index contributed by atoms with van der Waals surface area (Å²) < 4.78 is 1.01. The second-order valence-electron chi connectivity index (χ2n) is 3.46. The Morgan fingerprint density at radius 3 is 2.94 bits per heavy atom. The van der Waals surface area contributed by atoms with Gasteiger partial charge in [0, 0.05) is 15.5 Å². The van der Waals surface area contributed by atoms with E-state index in [1.165, 1.54) is 0 Å². The Labute approximate surface area is 106 Å². The van der Waals surface area contributed by atoms with Crippen LogP contribution in [0.5, 0.6) is 0 Å². The molecule has 0 saturated carbocycles. The van der Waals surface area contributed by atoms with Gasteiger partial charge in [-0.1, -0.05) is 0 Å². The van der Waals surface area contributed by atoms with Crippen molar-refractivity contribution in [1.82, 2.24) is 20.5 Å². The van der Waals surface area contributed by atoms with Crippen molar-refractivity contribution in [2.75, 3.05) is 0 Å². The number of carbonyl (C=O) groups is 1. The summed E-state index contributed by atoms with van der Waals surface area (Å²) in [6, 6.07) is 3.70. The van der Waals surface area contributed by atoms with Crippen molar-refractivity contribution in [1.29, 1.82) is 0 Å². The first-order valence-corrected chi connectivity index (χ1v) is 5.86. The smallest absolute Gasteiger partial charge is 0.268 e. The molecule has 0 aliphatic rings. The fourth-order valence-corrected chi connectivity index (χ4v) is 1.80. The van der Waals surface area contributed by atoms with Crippen LogP contribution in [0.25, 0.3) is 0 Å². The Kier molecular flexibility index (Phi) is 3.28. The molecular formula is C10H11IN4O. The average Bonchev–Trinajstić information content (AvgIpc) is 2.84. The minimum Gasteiger partial charge on any atom is -0.356 e. The van der Waals surface area contributed by atoms with Crippen LogP contribution in [0.3, 0.4) is 0 Å². The Bertz CT molecular complexity index is 502. The first-order valence-electron chi connectivity index (χ1n) is 4.78. The van der Waals surface area contributed by atoms with E-state index in [4.69, 9.17) is 0 Å². The van der Waals surface area contributed by atoms with Gasteiger partial charge >= 0.3 is 0 Å². The number of hydrogen-bond acceptors (Lipinski definition) is 2. The minimum absolute atomic E-state index is 0.122. The fraction of sp³-hybridized carbons (Fsp3) is 0.200. The zero-order valence-electron chi connectivity index (χ0n) is 8.67. The predicted octanol–water partition coefficient (Wildman–Crippen LogP) is 1.58. The molecule has 0 radical (unpaired) electrons. The van der Waals surface area contributed by atoms with Crippen LogP contribution in [-0.4, -0.2) is 21.1 Å². The maximum atomic E-state index is 11.7. The third-order valence-corrected chi connectivity index (χ3v) is 2.70. The fourth-order valence-electron chi connectivity index (χ4n) is 1.33. The van der Waals surface area contributed by atoms with Crippen LogP contribution in [0.2, 0.25) is 0 Å². The van der Waals surface area contributed by atoms with Gasteiger partial charge in [-0.15, -0.1) is 0 Å². The summed E-state index contributed by atoms with van der Waals surface area (Å²) in [7, 11) is 0. The number of nitrogens with zero attached hydrogens (tertiary/aromatic N) is 1. The van der Waals surface area contributed by atoms with Gasteiger partial charge in [-0.05, 0) is 41.6 Å². The monoisotopic (exact) mass is 330 g/mol. The van der Waals surface area contributed by atoms with Gasteiger partial charge < -0.3 is 10.3 Å². The number of nitrogens with one attached hydrogen (secondary N) is 3. The van der Waals surface area contributed by atoms with Crippen molar-refractivity contribution >= 4 is 28.5 Å². The topological polar surface area (TPSA) is 73.6 Å². The molecule has 0 bridgehead atoms. The highest BCUT2D eigenvalue weighted by Crippen LogP contribution is 2.06. The van der Waals surface area contributed by atoms with Gasteiger partial charge in [0.1, 0.15) is 5.69 Å². The summed E-state index contributed by atoms with van der Waals surface area (Å²) >= 11 is 2.15. The minimum atomic E-state index is -0.122. The lowest BCUT2D eigenvalue weighted by Crippen LogP contribution is -2.23. The number of rotatable bonds is 3. The normalized spacial score (nSPS) is 10.4. The molecule has 16 heavy (non-hydrogen) atoms.